The van der Waals surface area contributed by atoms with Crippen LogP contribution in [0.5, 0.6) is 5.75 Å². The standard InChI is InChI=1S/C28H29N5O2/c1-3-23-31-26-24(28(34)33(23)19-12-5-4-6-13-19)25-27(30-21-15-9-8-14-20(21)29-25)32(26)17-18-11-7-10-16-22(18)35-2/h7-11,14-16,19H,3-6,12-13,17H2,1-2H3. The Morgan fingerprint density at radius 3 is 2.37 bits per heavy atom. The normalized spacial score (nSPS) is 14.8. The van der Waals surface area contributed by atoms with Crippen LogP contribution in [0.25, 0.3) is 33.2 Å². The van der Waals surface area contributed by atoms with Crippen molar-refractivity contribution in [2.45, 2.75) is 58.0 Å². The van der Waals surface area contributed by atoms with Gasteiger partial charge in [-0.25, -0.2) is 15.0 Å². The second-order valence-corrected chi connectivity index (χ2v) is 9.33. The van der Waals surface area contributed by atoms with Crippen molar-refractivity contribution in [2.24, 2.45) is 0 Å². The molecule has 7 nitrogen and oxygen atoms in total. The van der Waals surface area contributed by atoms with E-state index in [1.807, 2.05) is 57.7 Å². The molecular weight excluding hydrogens is 438 g/mol. The van der Waals surface area contributed by atoms with Gasteiger partial charge in [0.05, 0.1) is 24.7 Å². The van der Waals surface area contributed by atoms with Crippen LogP contribution in [0.1, 0.15) is 56.5 Å². The summed E-state index contributed by atoms with van der Waals surface area (Å²) in [4.78, 5) is 29.2. The zero-order chi connectivity index (χ0) is 23.9. The van der Waals surface area contributed by atoms with Crippen molar-refractivity contribution in [1.82, 2.24) is 24.1 Å². The van der Waals surface area contributed by atoms with Crippen LogP contribution in [-0.2, 0) is 13.0 Å². The molecule has 0 spiro atoms. The Kier molecular flexibility index (Phi) is 5.47. The monoisotopic (exact) mass is 467 g/mol. The molecule has 0 atom stereocenters. The molecule has 3 heterocycles. The van der Waals surface area contributed by atoms with Crippen molar-refractivity contribution in [3.63, 3.8) is 0 Å². The molecular formula is C28H29N5O2. The van der Waals surface area contributed by atoms with Gasteiger partial charge in [-0.3, -0.25) is 9.36 Å². The maximum Gasteiger partial charge on any atom is 0.265 e. The van der Waals surface area contributed by atoms with E-state index in [2.05, 4.69) is 6.92 Å². The number of para-hydroxylation sites is 3. The number of rotatable bonds is 5. The maximum atomic E-state index is 14.2. The van der Waals surface area contributed by atoms with Gasteiger partial charge >= 0.3 is 0 Å². The summed E-state index contributed by atoms with van der Waals surface area (Å²) >= 11 is 0. The highest BCUT2D eigenvalue weighted by Gasteiger charge is 2.26. The molecule has 1 aliphatic rings. The number of hydrogen-bond donors (Lipinski definition) is 0. The average molecular weight is 468 g/mol. The van der Waals surface area contributed by atoms with Crippen LogP contribution in [0.4, 0.5) is 0 Å². The molecule has 0 aliphatic heterocycles. The summed E-state index contributed by atoms with van der Waals surface area (Å²) < 4.78 is 9.62. The van der Waals surface area contributed by atoms with Gasteiger partial charge in [-0.05, 0) is 31.0 Å². The summed E-state index contributed by atoms with van der Waals surface area (Å²) in [5, 5.41) is 0.566. The van der Waals surface area contributed by atoms with Crippen LogP contribution in [0.2, 0.25) is 0 Å². The first-order valence-corrected chi connectivity index (χ1v) is 12.5. The summed E-state index contributed by atoms with van der Waals surface area (Å²) in [6.45, 7) is 2.56. The molecule has 35 heavy (non-hydrogen) atoms. The van der Waals surface area contributed by atoms with Gasteiger partial charge in [0.15, 0.2) is 11.3 Å². The van der Waals surface area contributed by atoms with Crippen molar-refractivity contribution in [3.8, 4) is 5.75 Å². The highest BCUT2D eigenvalue weighted by molar-refractivity contribution is 6.04. The predicted molar refractivity (Wildman–Crippen MR) is 138 cm³/mol. The number of ether oxygens (including phenoxy) is 1. The van der Waals surface area contributed by atoms with Crippen LogP contribution in [-0.4, -0.2) is 31.2 Å². The zero-order valence-electron chi connectivity index (χ0n) is 20.2. The minimum absolute atomic E-state index is 0.00658. The van der Waals surface area contributed by atoms with Gasteiger partial charge < -0.3 is 9.30 Å². The van der Waals surface area contributed by atoms with Crippen molar-refractivity contribution in [1.29, 1.82) is 0 Å². The van der Waals surface area contributed by atoms with E-state index in [0.717, 1.165) is 53.9 Å². The fraction of sp³-hybridized carbons (Fsp3) is 0.357. The lowest BCUT2D eigenvalue weighted by Gasteiger charge is -2.26. The third-order valence-corrected chi connectivity index (χ3v) is 7.25. The number of aryl methyl sites for hydroxylation is 1. The lowest BCUT2D eigenvalue weighted by Crippen LogP contribution is -2.30. The molecule has 7 heteroatoms. The van der Waals surface area contributed by atoms with Crippen LogP contribution in [0.3, 0.4) is 0 Å². The first-order valence-electron chi connectivity index (χ1n) is 12.5. The second-order valence-electron chi connectivity index (χ2n) is 9.33. The summed E-state index contributed by atoms with van der Waals surface area (Å²) in [5.41, 5.74) is 4.53. The van der Waals surface area contributed by atoms with Crippen LogP contribution in [0.15, 0.2) is 53.3 Å². The molecule has 1 aliphatic carbocycles. The van der Waals surface area contributed by atoms with Crippen LogP contribution < -0.4 is 10.3 Å². The number of benzene rings is 2. The van der Waals surface area contributed by atoms with E-state index >= 15 is 0 Å². The highest BCUT2D eigenvalue weighted by atomic mass is 16.5. The minimum atomic E-state index is 0.00658. The number of fused-ring (bicyclic) bond motifs is 4. The van der Waals surface area contributed by atoms with Crippen molar-refractivity contribution in [3.05, 3.63) is 70.3 Å². The SMILES string of the molecule is CCc1nc2c(c(=O)n1C1CCCCC1)c1nc3ccccc3nc1n2Cc1ccccc1OC. The summed E-state index contributed by atoms with van der Waals surface area (Å²) in [7, 11) is 1.67. The second kappa shape index (κ2) is 8.80. The van der Waals surface area contributed by atoms with Crippen LogP contribution >= 0.6 is 0 Å². The number of nitrogens with zero attached hydrogens (tertiary/aromatic N) is 5. The first kappa shape index (κ1) is 21.8. The van der Waals surface area contributed by atoms with Gasteiger partial charge in [0.2, 0.25) is 0 Å². The molecule has 0 bridgehead atoms. The van der Waals surface area contributed by atoms with Gasteiger partial charge in [-0.1, -0.05) is 56.5 Å². The molecule has 0 amide bonds. The Bertz CT molecular complexity index is 1610. The van der Waals surface area contributed by atoms with Gasteiger partial charge in [-0.15, -0.1) is 0 Å². The Labute approximate surface area is 203 Å². The Hall–Kier alpha value is -3.74. The van der Waals surface area contributed by atoms with E-state index in [0.29, 0.717) is 35.2 Å². The smallest absolute Gasteiger partial charge is 0.265 e. The van der Waals surface area contributed by atoms with Gasteiger partial charge in [0, 0.05) is 18.0 Å². The minimum Gasteiger partial charge on any atom is -0.496 e. The van der Waals surface area contributed by atoms with E-state index in [4.69, 9.17) is 19.7 Å². The Morgan fingerprint density at radius 1 is 0.914 bits per heavy atom. The molecule has 178 valence electrons. The lowest BCUT2D eigenvalue weighted by molar-refractivity contribution is 0.337. The largest absolute Gasteiger partial charge is 0.496 e. The molecule has 6 rings (SSSR count). The molecule has 1 saturated carbocycles. The van der Waals surface area contributed by atoms with Crippen molar-refractivity contribution in [2.75, 3.05) is 7.11 Å². The number of aromatic nitrogens is 5. The molecule has 0 N–H and O–H groups in total. The Morgan fingerprint density at radius 2 is 1.63 bits per heavy atom. The van der Waals surface area contributed by atoms with E-state index in [9.17, 15) is 4.79 Å². The van der Waals surface area contributed by atoms with E-state index in [-0.39, 0.29) is 11.6 Å². The quantitative estimate of drug-likeness (QED) is 0.345. The van der Waals surface area contributed by atoms with E-state index in [1.54, 1.807) is 7.11 Å². The average Bonchev–Trinajstić information content (AvgIpc) is 3.20. The third kappa shape index (κ3) is 3.57. The van der Waals surface area contributed by atoms with Crippen LogP contribution in [0, 0.1) is 0 Å². The Balaban J connectivity index is 1.69. The van der Waals surface area contributed by atoms with E-state index < -0.39 is 0 Å². The first-order chi connectivity index (χ1) is 17.2. The van der Waals surface area contributed by atoms with Crippen molar-refractivity contribution < 1.29 is 4.74 Å². The fourth-order valence-electron chi connectivity index (χ4n) is 5.53. The number of hydrogen-bond acceptors (Lipinski definition) is 5. The fourth-order valence-corrected chi connectivity index (χ4v) is 5.53. The molecule has 0 radical (unpaired) electrons. The van der Waals surface area contributed by atoms with Gasteiger partial charge in [-0.2, -0.15) is 0 Å². The molecule has 0 saturated heterocycles. The summed E-state index contributed by atoms with van der Waals surface area (Å²) in [5.74, 6) is 1.63. The lowest BCUT2D eigenvalue weighted by atomic mass is 9.95. The summed E-state index contributed by atoms with van der Waals surface area (Å²) in [6.07, 6.45) is 6.28. The predicted octanol–water partition coefficient (Wildman–Crippen LogP) is 5.42. The molecule has 3 aromatic heterocycles. The summed E-state index contributed by atoms with van der Waals surface area (Å²) in [6, 6.07) is 15.9. The maximum absolute atomic E-state index is 14.2. The van der Waals surface area contributed by atoms with Gasteiger partial charge in [0.1, 0.15) is 22.5 Å². The topological polar surface area (TPSA) is 74.8 Å². The molecule has 0 unspecified atom stereocenters. The van der Waals surface area contributed by atoms with Crippen molar-refractivity contribution >= 4 is 33.2 Å². The molecule has 2 aromatic carbocycles. The third-order valence-electron chi connectivity index (χ3n) is 7.25. The molecule has 1 fully saturated rings. The van der Waals surface area contributed by atoms with Gasteiger partial charge in [0.25, 0.3) is 5.56 Å². The number of methoxy groups -OCH3 is 1. The zero-order valence-corrected chi connectivity index (χ0v) is 20.2. The van der Waals surface area contributed by atoms with E-state index in [1.165, 1.54) is 6.42 Å². The molecule has 5 aromatic rings. The highest BCUT2D eigenvalue weighted by Crippen LogP contribution is 2.32.